The van der Waals surface area contributed by atoms with Crippen LogP contribution in [0, 0.1) is 0 Å². The normalized spacial score (nSPS) is 11.4. The van der Waals surface area contributed by atoms with E-state index in [9.17, 15) is 4.79 Å². The van der Waals surface area contributed by atoms with Gasteiger partial charge in [-0.15, -0.1) is 10.2 Å². The van der Waals surface area contributed by atoms with Crippen LogP contribution in [0.5, 0.6) is 5.75 Å². The van der Waals surface area contributed by atoms with Crippen LogP contribution in [0.3, 0.4) is 0 Å². The van der Waals surface area contributed by atoms with Crippen molar-refractivity contribution in [2.24, 2.45) is 7.05 Å². The molecule has 24 heavy (non-hydrogen) atoms. The third kappa shape index (κ3) is 5.72. The van der Waals surface area contributed by atoms with Crippen LogP contribution in [0.4, 0.5) is 0 Å². The first kappa shape index (κ1) is 18.6. The summed E-state index contributed by atoms with van der Waals surface area (Å²) in [5.41, 5.74) is -0.241. The van der Waals surface area contributed by atoms with E-state index in [1.807, 2.05) is 32.4 Å². The van der Waals surface area contributed by atoms with E-state index in [2.05, 4.69) is 15.5 Å². The lowest BCUT2D eigenvalue weighted by molar-refractivity contribution is -0.119. The van der Waals surface area contributed by atoms with Crippen molar-refractivity contribution in [2.45, 2.75) is 38.1 Å². The second-order valence-electron chi connectivity index (χ2n) is 6.29. The zero-order chi connectivity index (χ0) is 17.7. The second-order valence-corrected chi connectivity index (χ2v) is 7.67. The van der Waals surface area contributed by atoms with Crippen LogP contribution in [0.25, 0.3) is 0 Å². The molecule has 1 N–H and O–H groups in total. The minimum atomic E-state index is -0.241. The highest BCUT2D eigenvalue weighted by Crippen LogP contribution is 2.19. The van der Waals surface area contributed by atoms with E-state index in [0.29, 0.717) is 34.1 Å². The van der Waals surface area contributed by atoms with Gasteiger partial charge in [-0.05, 0) is 45.0 Å². The van der Waals surface area contributed by atoms with Crippen molar-refractivity contribution in [3.63, 3.8) is 0 Å². The maximum absolute atomic E-state index is 11.9. The molecule has 1 aromatic carbocycles. The van der Waals surface area contributed by atoms with Gasteiger partial charge in [0.25, 0.3) is 0 Å². The van der Waals surface area contributed by atoms with E-state index in [1.54, 1.807) is 24.3 Å². The maximum atomic E-state index is 11.9. The second kappa shape index (κ2) is 7.90. The highest BCUT2D eigenvalue weighted by Gasteiger charge is 2.16. The third-order valence-electron chi connectivity index (χ3n) is 2.95. The lowest BCUT2D eigenvalue weighted by atomic mass is 10.1. The Kier molecular flexibility index (Phi) is 6.12. The molecule has 0 aliphatic rings. The molecule has 0 aliphatic heterocycles. The Morgan fingerprint density at radius 1 is 1.29 bits per heavy atom. The summed E-state index contributed by atoms with van der Waals surface area (Å²) in [5, 5.41) is 12.5. The number of carbonyl (C=O) groups is 1. The average Bonchev–Trinajstić information content (AvgIpc) is 2.83. The molecule has 0 atom stereocenters. The Bertz CT molecular complexity index is 695. The highest BCUT2D eigenvalue weighted by atomic mass is 35.5. The summed E-state index contributed by atoms with van der Waals surface area (Å²) in [6, 6.07) is 7.13. The first-order chi connectivity index (χ1) is 11.2. The molecule has 1 aromatic heterocycles. The molecule has 2 aromatic rings. The van der Waals surface area contributed by atoms with Crippen molar-refractivity contribution in [1.29, 1.82) is 0 Å². The zero-order valence-electron chi connectivity index (χ0n) is 14.2. The largest absolute Gasteiger partial charge is 0.486 e. The number of carbonyl (C=O) groups excluding carboxylic acids is 1. The molecule has 0 saturated carbocycles. The molecule has 0 bridgehead atoms. The number of halogens is 1. The fourth-order valence-corrected chi connectivity index (χ4v) is 2.72. The molecule has 0 radical (unpaired) electrons. The summed E-state index contributed by atoms with van der Waals surface area (Å²) < 4.78 is 7.49. The Hall–Kier alpha value is -1.73. The minimum absolute atomic E-state index is 0.0329. The first-order valence-corrected chi connectivity index (χ1v) is 8.81. The van der Waals surface area contributed by atoms with Crippen molar-refractivity contribution in [3.05, 3.63) is 35.1 Å². The van der Waals surface area contributed by atoms with Crippen molar-refractivity contribution < 1.29 is 9.53 Å². The Morgan fingerprint density at radius 3 is 2.58 bits per heavy atom. The topological polar surface area (TPSA) is 69.0 Å². The van der Waals surface area contributed by atoms with Crippen molar-refractivity contribution in [1.82, 2.24) is 20.1 Å². The number of amides is 1. The van der Waals surface area contributed by atoms with Gasteiger partial charge in [-0.25, -0.2) is 0 Å². The third-order valence-corrected chi connectivity index (χ3v) is 4.23. The van der Waals surface area contributed by atoms with E-state index in [4.69, 9.17) is 16.3 Å². The lowest BCUT2D eigenvalue weighted by Crippen LogP contribution is -2.41. The van der Waals surface area contributed by atoms with Gasteiger partial charge >= 0.3 is 0 Å². The van der Waals surface area contributed by atoms with Gasteiger partial charge in [0.1, 0.15) is 12.4 Å². The van der Waals surface area contributed by atoms with Crippen LogP contribution in [0.1, 0.15) is 26.6 Å². The van der Waals surface area contributed by atoms with E-state index in [1.165, 1.54) is 11.8 Å². The molecular weight excluding hydrogens is 348 g/mol. The average molecular weight is 369 g/mol. The number of nitrogens with one attached hydrogen (secondary N) is 1. The van der Waals surface area contributed by atoms with Crippen LogP contribution in [0.15, 0.2) is 29.4 Å². The Balaban J connectivity index is 1.88. The number of ether oxygens (including phenoxy) is 1. The van der Waals surface area contributed by atoms with Gasteiger partial charge < -0.3 is 14.6 Å². The number of benzene rings is 1. The van der Waals surface area contributed by atoms with Gasteiger partial charge in [0.2, 0.25) is 5.91 Å². The van der Waals surface area contributed by atoms with Crippen molar-refractivity contribution >= 4 is 29.3 Å². The molecular formula is C16H21ClN4O2S. The van der Waals surface area contributed by atoms with E-state index in [0.717, 1.165) is 0 Å². The summed E-state index contributed by atoms with van der Waals surface area (Å²) in [6.07, 6.45) is 0. The fraction of sp³-hybridized carbons (Fsp3) is 0.438. The van der Waals surface area contributed by atoms with Crippen LogP contribution >= 0.6 is 23.4 Å². The molecule has 6 nitrogen and oxygen atoms in total. The van der Waals surface area contributed by atoms with Gasteiger partial charge in [-0.1, -0.05) is 23.4 Å². The van der Waals surface area contributed by atoms with Crippen molar-refractivity contribution in [3.8, 4) is 5.75 Å². The van der Waals surface area contributed by atoms with Gasteiger partial charge in [0.05, 0.1) is 5.75 Å². The molecule has 1 amide bonds. The Morgan fingerprint density at radius 2 is 1.96 bits per heavy atom. The van der Waals surface area contributed by atoms with E-state index in [-0.39, 0.29) is 11.4 Å². The van der Waals surface area contributed by atoms with Crippen LogP contribution in [0.2, 0.25) is 5.02 Å². The molecule has 0 unspecified atom stereocenters. The number of thioether (sulfide) groups is 1. The predicted molar refractivity (Wildman–Crippen MR) is 95.4 cm³/mol. The van der Waals surface area contributed by atoms with Crippen LogP contribution in [-0.4, -0.2) is 32.0 Å². The van der Waals surface area contributed by atoms with Gasteiger partial charge in [0.15, 0.2) is 11.0 Å². The summed E-state index contributed by atoms with van der Waals surface area (Å²) in [6.45, 7) is 6.14. The molecule has 130 valence electrons. The van der Waals surface area contributed by atoms with Crippen molar-refractivity contribution in [2.75, 3.05) is 5.75 Å². The quantitative estimate of drug-likeness (QED) is 0.793. The molecule has 2 rings (SSSR count). The number of hydrogen-bond acceptors (Lipinski definition) is 5. The van der Waals surface area contributed by atoms with Crippen LogP contribution in [-0.2, 0) is 18.4 Å². The number of rotatable bonds is 6. The summed E-state index contributed by atoms with van der Waals surface area (Å²) in [7, 11) is 1.85. The number of aromatic nitrogens is 3. The summed E-state index contributed by atoms with van der Waals surface area (Å²) >= 11 is 7.18. The molecule has 0 saturated heterocycles. The smallest absolute Gasteiger partial charge is 0.230 e. The Labute approximate surface area is 150 Å². The van der Waals surface area contributed by atoms with Gasteiger partial charge in [-0.2, -0.15) is 0 Å². The molecule has 0 spiro atoms. The maximum Gasteiger partial charge on any atom is 0.230 e. The summed E-state index contributed by atoms with van der Waals surface area (Å²) in [5.74, 6) is 1.65. The molecule has 0 fully saturated rings. The molecule has 8 heteroatoms. The summed E-state index contributed by atoms with van der Waals surface area (Å²) in [4.78, 5) is 11.9. The standard InChI is InChI=1S/C16H21ClN4O2S/c1-16(2,3)18-14(22)10-24-15-20-19-13(21(15)4)9-23-12-7-5-11(17)6-8-12/h5-8H,9-10H2,1-4H3,(H,18,22). The fourth-order valence-electron chi connectivity index (χ4n) is 1.86. The van der Waals surface area contributed by atoms with E-state index >= 15 is 0 Å². The number of hydrogen-bond donors (Lipinski definition) is 1. The zero-order valence-corrected chi connectivity index (χ0v) is 15.7. The minimum Gasteiger partial charge on any atom is -0.486 e. The highest BCUT2D eigenvalue weighted by molar-refractivity contribution is 7.99. The SMILES string of the molecule is Cn1c(COc2ccc(Cl)cc2)nnc1SCC(=O)NC(C)(C)C. The molecule has 0 aliphatic carbocycles. The monoisotopic (exact) mass is 368 g/mol. The van der Waals surface area contributed by atoms with Crippen LogP contribution < -0.4 is 10.1 Å². The van der Waals surface area contributed by atoms with Gasteiger partial charge in [-0.3, -0.25) is 4.79 Å². The lowest BCUT2D eigenvalue weighted by Gasteiger charge is -2.20. The predicted octanol–water partition coefficient (Wildman–Crippen LogP) is 3.05. The van der Waals surface area contributed by atoms with E-state index < -0.39 is 0 Å². The molecule has 1 heterocycles. The number of nitrogens with zero attached hydrogens (tertiary/aromatic N) is 3. The van der Waals surface area contributed by atoms with Gasteiger partial charge in [0, 0.05) is 17.6 Å². The first-order valence-electron chi connectivity index (χ1n) is 7.45.